The van der Waals surface area contributed by atoms with Gasteiger partial charge in [0, 0.05) is 6.42 Å². The molecule has 0 bridgehead atoms. The Bertz CT molecular complexity index is 1230. The monoisotopic (exact) mass is 950 g/mol. The summed E-state index contributed by atoms with van der Waals surface area (Å²) in [7, 11) is 0. The van der Waals surface area contributed by atoms with E-state index in [2.05, 4.69) is 50.4 Å². The minimum Gasteiger partial charge on any atom is -0.454 e. The summed E-state index contributed by atoms with van der Waals surface area (Å²) in [6.45, 7) is 5.71. The molecule has 0 aromatic rings. The van der Waals surface area contributed by atoms with Crippen molar-refractivity contribution in [2.45, 2.75) is 294 Å². The molecule has 1 rings (SSSR count). The minimum absolute atomic E-state index is 0.119. The number of unbranched alkanes of at least 4 members (excludes halogenated alkanes) is 28. The molecule has 0 radical (unpaired) electrons. The third-order valence-corrected chi connectivity index (χ3v) is 13.0. The zero-order valence-corrected chi connectivity index (χ0v) is 43.0. The van der Waals surface area contributed by atoms with Crippen LogP contribution in [0, 0.1) is 0 Å². The number of esters is 1. The summed E-state index contributed by atoms with van der Waals surface area (Å²) in [6, 6.07) is -1.02. The number of hydrogen-bond acceptors (Lipinski definition) is 10. The summed E-state index contributed by atoms with van der Waals surface area (Å²) in [5.41, 5.74) is 0. The fourth-order valence-corrected chi connectivity index (χ4v) is 8.51. The third kappa shape index (κ3) is 34.0. The van der Waals surface area contributed by atoms with Crippen LogP contribution in [0.5, 0.6) is 0 Å². The average molecular weight is 950 g/mol. The van der Waals surface area contributed by atoms with Gasteiger partial charge in [0.2, 0.25) is 5.91 Å². The molecule has 1 aliphatic rings. The fraction of sp³-hybridized carbons (Fsp3) is 0.857. The largest absolute Gasteiger partial charge is 0.454 e. The van der Waals surface area contributed by atoms with Gasteiger partial charge in [0.15, 0.2) is 12.4 Å². The Balaban J connectivity index is 2.72. The van der Waals surface area contributed by atoms with E-state index in [0.29, 0.717) is 12.8 Å². The van der Waals surface area contributed by atoms with Gasteiger partial charge in [0.05, 0.1) is 25.4 Å². The Morgan fingerprint density at radius 1 is 0.567 bits per heavy atom. The normalized spacial score (nSPS) is 20.3. The lowest BCUT2D eigenvalue weighted by Crippen LogP contribution is -2.61. The second-order valence-electron chi connectivity index (χ2n) is 19.3. The highest BCUT2D eigenvalue weighted by Gasteiger charge is 2.47. The van der Waals surface area contributed by atoms with E-state index in [1.807, 2.05) is 6.08 Å². The van der Waals surface area contributed by atoms with Gasteiger partial charge in [-0.1, -0.05) is 205 Å². The van der Waals surface area contributed by atoms with Gasteiger partial charge < -0.3 is 45.1 Å². The summed E-state index contributed by atoms with van der Waals surface area (Å²) < 4.78 is 17.5. The summed E-state index contributed by atoms with van der Waals surface area (Å²) in [6.07, 6.45) is 40.6. The summed E-state index contributed by atoms with van der Waals surface area (Å²) >= 11 is 0. The molecule has 392 valence electrons. The number of nitrogens with one attached hydrogen (secondary N) is 1. The zero-order chi connectivity index (χ0) is 49.0. The predicted octanol–water partition coefficient (Wildman–Crippen LogP) is 11.9. The van der Waals surface area contributed by atoms with Crippen molar-refractivity contribution in [1.29, 1.82) is 0 Å². The highest BCUT2D eigenvalue weighted by molar-refractivity contribution is 5.80. The van der Waals surface area contributed by atoms with Crippen LogP contribution in [0.1, 0.15) is 245 Å². The molecule has 1 amide bonds. The van der Waals surface area contributed by atoms with Crippen molar-refractivity contribution in [2.24, 2.45) is 0 Å². The average Bonchev–Trinajstić information content (AvgIpc) is 3.32. The second kappa shape index (κ2) is 45.0. The molecule has 1 heterocycles. The molecule has 0 saturated carbocycles. The van der Waals surface area contributed by atoms with Crippen LogP contribution in [-0.4, -0.2) is 99.6 Å². The van der Waals surface area contributed by atoms with Crippen molar-refractivity contribution in [3.8, 4) is 0 Å². The van der Waals surface area contributed by atoms with Crippen molar-refractivity contribution in [3.63, 3.8) is 0 Å². The summed E-state index contributed by atoms with van der Waals surface area (Å²) in [5, 5.41) is 56.6. The smallest absolute Gasteiger partial charge is 0.306 e. The summed E-state index contributed by atoms with van der Waals surface area (Å²) in [5.74, 6) is -1.21. The quantitative estimate of drug-likeness (QED) is 0.0196. The van der Waals surface area contributed by atoms with Gasteiger partial charge in [-0.15, -0.1) is 0 Å². The first-order chi connectivity index (χ1) is 32.7. The molecule has 6 N–H and O–H groups in total. The second-order valence-corrected chi connectivity index (χ2v) is 19.3. The predicted molar refractivity (Wildman–Crippen MR) is 274 cm³/mol. The Morgan fingerprint density at radius 3 is 1.49 bits per heavy atom. The van der Waals surface area contributed by atoms with E-state index in [1.165, 1.54) is 116 Å². The van der Waals surface area contributed by atoms with E-state index >= 15 is 0 Å². The number of amides is 1. The van der Waals surface area contributed by atoms with Gasteiger partial charge in [0.25, 0.3) is 0 Å². The topological polar surface area (TPSA) is 175 Å². The number of hydrogen-bond donors (Lipinski definition) is 6. The molecule has 1 aliphatic heterocycles. The number of carbonyl (C=O) groups is 2. The standard InChI is InChI=1S/C56H103NO10/c1-4-7-10-13-16-19-22-23-24-25-26-27-29-32-35-38-41-44-51(61)67-54-53(63)52(62)50(45-58)66-56(54)65-46-47(48(59)42-39-36-33-31-28-20-17-14-11-8-5-2)57-55(64)49(60)43-40-37-34-30-21-18-15-12-9-6-3/h15,18,23-24,39,42,47-50,52-54,56,58-60,62-63H,4-14,16-17,19-22,25-38,40-41,43-46H2,1-3H3,(H,57,64)/b18-15-,24-23+,42-39+. The van der Waals surface area contributed by atoms with E-state index < -0.39 is 67.4 Å². The minimum atomic E-state index is -1.61. The highest BCUT2D eigenvalue weighted by atomic mass is 16.7. The number of ether oxygens (including phenoxy) is 3. The molecule has 0 aromatic carbocycles. The fourth-order valence-electron chi connectivity index (χ4n) is 8.51. The first kappa shape index (κ1) is 62.9. The number of rotatable bonds is 46. The molecule has 0 spiro atoms. The van der Waals surface area contributed by atoms with Crippen LogP contribution in [0.25, 0.3) is 0 Å². The Morgan fingerprint density at radius 2 is 1.00 bits per heavy atom. The Hall–Kier alpha value is -2.12. The molecule has 8 atom stereocenters. The molecule has 11 nitrogen and oxygen atoms in total. The van der Waals surface area contributed by atoms with Crippen LogP contribution in [0.2, 0.25) is 0 Å². The van der Waals surface area contributed by atoms with Gasteiger partial charge >= 0.3 is 5.97 Å². The van der Waals surface area contributed by atoms with Crippen LogP contribution < -0.4 is 5.32 Å². The molecule has 8 unspecified atom stereocenters. The maximum Gasteiger partial charge on any atom is 0.306 e. The van der Waals surface area contributed by atoms with Gasteiger partial charge in [-0.3, -0.25) is 9.59 Å². The molecule has 0 aromatic heterocycles. The molecular weight excluding hydrogens is 847 g/mol. The number of allylic oxidation sites excluding steroid dienone is 5. The third-order valence-electron chi connectivity index (χ3n) is 13.0. The number of aliphatic hydroxyl groups is 5. The van der Waals surface area contributed by atoms with Crippen LogP contribution in [0.15, 0.2) is 36.5 Å². The van der Waals surface area contributed by atoms with E-state index in [0.717, 1.165) is 83.5 Å². The lowest BCUT2D eigenvalue weighted by atomic mass is 9.99. The first-order valence-corrected chi connectivity index (χ1v) is 27.8. The lowest BCUT2D eigenvalue weighted by Gasteiger charge is -2.41. The number of carbonyl (C=O) groups excluding carboxylic acids is 2. The first-order valence-electron chi connectivity index (χ1n) is 27.8. The van der Waals surface area contributed by atoms with E-state index in [1.54, 1.807) is 6.08 Å². The van der Waals surface area contributed by atoms with Crippen molar-refractivity contribution >= 4 is 11.9 Å². The maximum atomic E-state index is 13.3. The Labute approximate surface area is 409 Å². The highest BCUT2D eigenvalue weighted by Crippen LogP contribution is 2.26. The van der Waals surface area contributed by atoms with Crippen molar-refractivity contribution in [1.82, 2.24) is 5.32 Å². The SMILES string of the molecule is CCCC/C=C\CCCCCCC(O)C(=O)NC(COC1OC(CO)C(O)C(O)C1OC(=O)CCCCCCCCC/C=C/CCCCCCCC)C(O)/C=C/CCCCCCCCCCC. The van der Waals surface area contributed by atoms with Crippen molar-refractivity contribution in [3.05, 3.63) is 36.5 Å². The van der Waals surface area contributed by atoms with Gasteiger partial charge in [0.1, 0.15) is 24.4 Å². The molecule has 1 fully saturated rings. The van der Waals surface area contributed by atoms with Gasteiger partial charge in [-0.2, -0.15) is 0 Å². The molecule has 0 aliphatic carbocycles. The van der Waals surface area contributed by atoms with E-state index in [9.17, 15) is 35.1 Å². The lowest BCUT2D eigenvalue weighted by molar-refractivity contribution is -0.305. The van der Waals surface area contributed by atoms with Crippen molar-refractivity contribution < 1.29 is 49.3 Å². The molecule has 11 heteroatoms. The Kier molecular flexibility index (Phi) is 42.3. The van der Waals surface area contributed by atoms with Crippen LogP contribution in [-0.2, 0) is 23.8 Å². The van der Waals surface area contributed by atoms with Crippen LogP contribution in [0.3, 0.4) is 0 Å². The molecule has 67 heavy (non-hydrogen) atoms. The van der Waals surface area contributed by atoms with E-state index in [4.69, 9.17) is 14.2 Å². The molecule has 1 saturated heterocycles. The number of aliphatic hydroxyl groups excluding tert-OH is 5. The van der Waals surface area contributed by atoms with Crippen molar-refractivity contribution in [2.75, 3.05) is 13.2 Å². The maximum absolute atomic E-state index is 13.3. The summed E-state index contributed by atoms with van der Waals surface area (Å²) in [4.78, 5) is 26.3. The van der Waals surface area contributed by atoms with Gasteiger partial charge in [-0.25, -0.2) is 0 Å². The van der Waals surface area contributed by atoms with Crippen LogP contribution in [0.4, 0.5) is 0 Å². The van der Waals surface area contributed by atoms with E-state index in [-0.39, 0.29) is 19.4 Å². The van der Waals surface area contributed by atoms with Gasteiger partial charge in [-0.05, 0) is 70.6 Å². The van der Waals surface area contributed by atoms with Crippen LogP contribution >= 0.6 is 0 Å². The molecular formula is C56H103NO10. The zero-order valence-electron chi connectivity index (χ0n) is 43.0.